The van der Waals surface area contributed by atoms with Crippen molar-refractivity contribution in [3.8, 4) is 0 Å². The van der Waals surface area contributed by atoms with Gasteiger partial charge >= 0.3 is 11.9 Å². The summed E-state index contributed by atoms with van der Waals surface area (Å²) in [4.78, 5) is 25.0. The third-order valence-electron chi connectivity index (χ3n) is 8.59. The van der Waals surface area contributed by atoms with Crippen molar-refractivity contribution in [3.63, 3.8) is 0 Å². The van der Waals surface area contributed by atoms with Crippen LogP contribution in [0.3, 0.4) is 0 Å². The zero-order valence-corrected chi connectivity index (χ0v) is 13.0. The summed E-state index contributed by atoms with van der Waals surface area (Å²) in [7, 11) is 3.09. The third kappa shape index (κ3) is 1.09. The normalized spacial score (nSPS) is 63.9. The first-order valence-electron chi connectivity index (χ1n) is 8.84. The fraction of sp³-hybridized carbons (Fsp3) is 0.889. The molecule has 6 aliphatic carbocycles. The molecule has 22 heavy (non-hydrogen) atoms. The molecule has 4 unspecified atom stereocenters. The van der Waals surface area contributed by atoms with Crippen molar-refractivity contribution in [3.05, 3.63) is 0 Å². The molecule has 0 radical (unpaired) electrons. The van der Waals surface area contributed by atoms with E-state index in [9.17, 15) is 9.59 Å². The van der Waals surface area contributed by atoms with Crippen LogP contribution >= 0.6 is 0 Å². The van der Waals surface area contributed by atoms with E-state index >= 15 is 0 Å². The van der Waals surface area contributed by atoms with Crippen LogP contribution in [0.25, 0.3) is 0 Å². The molecule has 6 aliphatic rings. The molecule has 0 aromatic heterocycles. The first-order chi connectivity index (χ1) is 10.7. The standard InChI is InChI=1S/C18H22O4/c1-21-17(19)15-9-5-3-7(5)11-13(9)14-10(15)6-4-8(6)12(14)16(11)18(20)22-2/h5-16H,3-4H2,1-2H3/t5-,6-,7-,8+,9-,10-,11-,12+,13?,14?,15?,16?/m1/s1. The minimum atomic E-state index is 0.0385. The zero-order valence-electron chi connectivity index (χ0n) is 13.0. The summed E-state index contributed by atoms with van der Waals surface area (Å²) in [5, 5.41) is 0. The lowest BCUT2D eigenvalue weighted by molar-refractivity contribution is -0.149. The summed E-state index contributed by atoms with van der Waals surface area (Å²) >= 11 is 0. The van der Waals surface area contributed by atoms with Gasteiger partial charge in [0.1, 0.15) is 0 Å². The van der Waals surface area contributed by atoms with Crippen molar-refractivity contribution in [1.29, 1.82) is 0 Å². The van der Waals surface area contributed by atoms with Gasteiger partial charge in [0, 0.05) is 0 Å². The Morgan fingerprint density at radius 2 is 0.955 bits per heavy atom. The number of rotatable bonds is 2. The summed E-state index contributed by atoms with van der Waals surface area (Å²) < 4.78 is 10.4. The van der Waals surface area contributed by atoms with Gasteiger partial charge in [0.05, 0.1) is 26.1 Å². The molecule has 0 heterocycles. The second-order valence-corrected chi connectivity index (χ2v) is 8.69. The number of methoxy groups -OCH3 is 2. The van der Waals surface area contributed by atoms with Gasteiger partial charge in [-0.3, -0.25) is 9.59 Å². The molecule has 0 aliphatic heterocycles. The Morgan fingerprint density at radius 3 is 1.23 bits per heavy atom. The fourth-order valence-electron chi connectivity index (χ4n) is 8.36. The Hall–Kier alpha value is -1.06. The van der Waals surface area contributed by atoms with Crippen molar-refractivity contribution in [2.45, 2.75) is 12.8 Å². The lowest BCUT2D eigenvalue weighted by atomic mass is 9.79. The Balaban J connectivity index is 1.49. The molecule has 6 saturated carbocycles. The van der Waals surface area contributed by atoms with Crippen molar-refractivity contribution in [2.75, 3.05) is 14.2 Å². The van der Waals surface area contributed by atoms with Crippen LogP contribution < -0.4 is 0 Å². The van der Waals surface area contributed by atoms with Crippen molar-refractivity contribution in [2.24, 2.45) is 71.0 Å². The van der Waals surface area contributed by atoms with Crippen molar-refractivity contribution in [1.82, 2.24) is 0 Å². The van der Waals surface area contributed by atoms with Gasteiger partial charge in [0.25, 0.3) is 0 Å². The summed E-state index contributed by atoms with van der Waals surface area (Å²) in [6.07, 6.45) is 2.46. The predicted octanol–water partition coefficient (Wildman–Crippen LogP) is 1.59. The second kappa shape index (κ2) is 3.54. The minimum absolute atomic E-state index is 0.0385. The van der Waals surface area contributed by atoms with Crippen molar-refractivity contribution >= 4 is 11.9 Å². The molecule has 12 atom stereocenters. The van der Waals surface area contributed by atoms with E-state index in [1.807, 2.05) is 0 Å². The van der Waals surface area contributed by atoms with Gasteiger partial charge in [-0.25, -0.2) is 0 Å². The lowest BCUT2D eigenvalue weighted by Crippen LogP contribution is -2.32. The maximum Gasteiger partial charge on any atom is 0.309 e. The SMILES string of the molecule is COC(=O)C1[C@@H]2C3C4[C@H]1[C@@H]1C[C@H]1[C@H]4C(C(=O)OC)[C@@H]3[C@@H]1C[C@H]21. The smallest absolute Gasteiger partial charge is 0.309 e. The quantitative estimate of drug-likeness (QED) is 0.727. The van der Waals surface area contributed by atoms with Gasteiger partial charge in [-0.05, 0) is 72.0 Å². The Labute approximate surface area is 129 Å². The molecule has 0 aromatic rings. The molecule has 4 heteroatoms. The van der Waals surface area contributed by atoms with E-state index in [2.05, 4.69) is 0 Å². The van der Waals surface area contributed by atoms with Crippen LogP contribution in [-0.4, -0.2) is 26.2 Å². The molecule has 0 bridgehead atoms. The number of hydrogen-bond donors (Lipinski definition) is 0. The Morgan fingerprint density at radius 1 is 0.636 bits per heavy atom. The van der Waals surface area contributed by atoms with Gasteiger partial charge in [0.2, 0.25) is 0 Å². The molecule has 0 N–H and O–H groups in total. The number of hydrogen-bond acceptors (Lipinski definition) is 4. The average Bonchev–Trinajstić information content (AvgIpc) is 3.35. The van der Waals surface area contributed by atoms with Gasteiger partial charge in [-0.2, -0.15) is 0 Å². The molecule has 118 valence electrons. The van der Waals surface area contributed by atoms with Gasteiger partial charge in [-0.15, -0.1) is 0 Å². The van der Waals surface area contributed by atoms with E-state index in [1.165, 1.54) is 12.8 Å². The van der Waals surface area contributed by atoms with Crippen LogP contribution in [0.4, 0.5) is 0 Å². The maximum atomic E-state index is 12.5. The molecule has 6 fully saturated rings. The summed E-state index contributed by atoms with van der Waals surface area (Å²) in [5.74, 6) is 6.37. The van der Waals surface area contributed by atoms with E-state index in [1.54, 1.807) is 14.2 Å². The highest BCUT2D eigenvalue weighted by Gasteiger charge is 2.83. The second-order valence-electron chi connectivity index (χ2n) is 8.69. The lowest BCUT2D eigenvalue weighted by Gasteiger charge is -2.26. The van der Waals surface area contributed by atoms with E-state index in [4.69, 9.17) is 9.47 Å². The molecule has 0 spiro atoms. The first-order valence-corrected chi connectivity index (χ1v) is 8.84. The summed E-state index contributed by atoms with van der Waals surface area (Å²) in [5.41, 5.74) is 0. The van der Waals surface area contributed by atoms with Gasteiger partial charge in [-0.1, -0.05) is 0 Å². The van der Waals surface area contributed by atoms with Crippen LogP contribution in [-0.2, 0) is 19.1 Å². The largest absolute Gasteiger partial charge is 0.469 e. The number of ether oxygens (including phenoxy) is 2. The highest BCUT2D eigenvalue weighted by Crippen LogP contribution is 2.84. The van der Waals surface area contributed by atoms with Crippen LogP contribution in [0.5, 0.6) is 0 Å². The van der Waals surface area contributed by atoms with Crippen molar-refractivity contribution < 1.29 is 19.1 Å². The highest BCUT2D eigenvalue weighted by atomic mass is 16.5. The van der Waals surface area contributed by atoms with E-state index < -0.39 is 0 Å². The maximum absolute atomic E-state index is 12.5. The average molecular weight is 302 g/mol. The molecule has 6 rings (SSSR count). The van der Waals surface area contributed by atoms with E-state index in [0.717, 1.165) is 0 Å². The van der Waals surface area contributed by atoms with E-state index in [0.29, 0.717) is 59.2 Å². The molecular weight excluding hydrogens is 280 g/mol. The fourth-order valence-corrected chi connectivity index (χ4v) is 8.36. The van der Waals surface area contributed by atoms with Crippen LogP contribution in [0, 0.1) is 71.0 Å². The number of esters is 2. The molecule has 0 saturated heterocycles. The topological polar surface area (TPSA) is 52.6 Å². The van der Waals surface area contributed by atoms with Crippen LogP contribution in [0.1, 0.15) is 12.8 Å². The molecule has 4 nitrogen and oxygen atoms in total. The number of carbonyl (C=O) groups is 2. The van der Waals surface area contributed by atoms with E-state index in [-0.39, 0.29) is 23.8 Å². The Bertz CT molecular complexity index is 516. The third-order valence-corrected chi connectivity index (χ3v) is 8.59. The van der Waals surface area contributed by atoms with Crippen LogP contribution in [0.15, 0.2) is 0 Å². The molecule has 0 aromatic carbocycles. The Kier molecular flexibility index (Phi) is 1.99. The predicted molar refractivity (Wildman–Crippen MR) is 75.1 cm³/mol. The van der Waals surface area contributed by atoms with Crippen LogP contribution in [0.2, 0.25) is 0 Å². The van der Waals surface area contributed by atoms with Gasteiger partial charge in [0.15, 0.2) is 0 Å². The van der Waals surface area contributed by atoms with Gasteiger partial charge < -0.3 is 9.47 Å². The summed E-state index contributed by atoms with van der Waals surface area (Å²) in [6, 6.07) is 0. The molecular formula is C18H22O4. The monoisotopic (exact) mass is 302 g/mol. The number of carbonyl (C=O) groups excluding carboxylic acids is 2. The number of fused-ring (bicyclic) bond motifs is 6. The highest BCUT2D eigenvalue weighted by molar-refractivity contribution is 5.77. The zero-order chi connectivity index (χ0) is 14.9. The summed E-state index contributed by atoms with van der Waals surface area (Å²) in [6.45, 7) is 0. The first kappa shape index (κ1) is 12.4. The minimum Gasteiger partial charge on any atom is -0.469 e. The molecule has 0 amide bonds.